The summed E-state index contributed by atoms with van der Waals surface area (Å²) >= 11 is 0. The number of hydrogen-bond acceptors (Lipinski definition) is 4. The first kappa shape index (κ1) is 18.3. The van der Waals surface area contributed by atoms with Crippen LogP contribution < -0.4 is 0 Å². The van der Waals surface area contributed by atoms with E-state index in [1.165, 1.54) is 0 Å². The quantitative estimate of drug-likeness (QED) is 0.646. The van der Waals surface area contributed by atoms with Crippen LogP contribution in [0.15, 0.2) is 30.3 Å². The van der Waals surface area contributed by atoms with Crippen molar-refractivity contribution in [2.75, 3.05) is 0 Å². The Morgan fingerprint density at radius 2 is 1.72 bits per heavy atom. The third kappa shape index (κ3) is 3.42. The van der Waals surface area contributed by atoms with Crippen molar-refractivity contribution < 1.29 is 31.3 Å². The van der Waals surface area contributed by atoms with Crippen LogP contribution in [0.3, 0.4) is 0 Å². The van der Waals surface area contributed by atoms with Gasteiger partial charge in [0.25, 0.3) is 0 Å². The Kier molecular flexibility index (Phi) is 4.85. The molecule has 0 amide bonds. The van der Waals surface area contributed by atoms with Gasteiger partial charge >= 0.3 is 21.3 Å². The number of benzene rings is 1. The molecule has 4 atom stereocenters. The van der Waals surface area contributed by atoms with Gasteiger partial charge in [-0.1, -0.05) is 43.2 Å². The molecule has 25 heavy (non-hydrogen) atoms. The molecule has 1 aromatic carbocycles. The second-order valence-corrected chi connectivity index (χ2v) is 8.26. The minimum absolute atomic E-state index is 0.0693. The highest BCUT2D eigenvalue weighted by Gasteiger charge is 2.56. The Hall–Kier alpha value is -1.54. The number of alkyl halides is 2. The summed E-state index contributed by atoms with van der Waals surface area (Å²) in [5.74, 6) is -1.96. The van der Waals surface area contributed by atoms with Gasteiger partial charge in [0.05, 0.1) is 0 Å². The predicted molar refractivity (Wildman–Crippen MR) is 85.6 cm³/mol. The lowest BCUT2D eigenvalue weighted by Crippen LogP contribution is -2.41. The lowest BCUT2D eigenvalue weighted by atomic mass is 9.76. The van der Waals surface area contributed by atoms with Gasteiger partial charge in [0.1, 0.15) is 6.10 Å². The van der Waals surface area contributed by atoms with Crippen molar-refractivity contribution in [1.29, 1.82) is 0 Å². The van der Waals surface area contributed by atoms with Gasteiger partial charge in [-0.15, -0.1) is 0 Å². The molecule has 0 saturated heterocycles. The largest absolute Gasteiger partial charge is 0.465 e. The first-order chi connectivity index (χ1) is 11.7. The van der Waals surface area contributed by atoms with E-state index in [-0.39, 0.29) is 17.8 Å². The van der Waals surface area contributed by atoms with Crippen LogP contribution in [-0.4, -0.2) is 30.3 Å². The Morgan fingerprint density at radius 1 is 1.12 bits per heavy atom. The Balaban J connectivity index is 1.81. The van der Waals surface area contributed by atoms with E-state index in [1.54, 1.807) is 0 Å². The smallest absolute Gasteiger partial charge is 0.457 e. The maximum Gasteiger partial charge on any atom is 0.465 e. The lowest BCUT2D eigenvalue weighted by Gasteiger charge is -2.31. The second kappa shape index (κ2) is 6.64. The molecule has 3 rings (SSSR count). The summed E-state index contributed by atoms with van der Waals surface area (Å²) in [5, 5.41) is -4.94. The average molecular weight is 374 g/mol. The second-order valence-electron chi connectivity index (χ2n) is 6.80. The highest BCUT2D eigenvalue weighted by Crippen LogP contribution is 2.51. The van der Waals surface area contributed by atoms with Gasteiger partial charge in [0, 0.05) is 0 Å². The number of hydrogen-bond donors (Lipinski definition) is 1. The fraction of sp³-hybridized carbons (Fsp3) is 0.588. The fourth-order valence-electron chi connectivity index (χ4n) is 4.28. The Bertz CT molecular complexity index is 735. The fourth-order valence-corrected chi connectivity index (χ4v) is 4.54. The number of fused-ring (bicyclic) bond motifs is 1. The summed E-state index contributed by atoms with van der Waals surface area (Å²) in [6, 6.07) is 9.62. The number of ether oxygens (including phenoxy) is 1. The van der Waals surface area contributed by atoms with E-state index < -0.39 is 27.4 Å². The van der Waals surface area contributed by atoms with Gasteiger partial charge in [-0.05, 0) is 42.6 Å². The van der Waals surface area contributed by atoms with Crippen molar-refractivity contribution in [1.82, 2.24) is 0 Å². The van der Waals surface area contributed by atoms with Crippen LogP contribution in [-0.2, 0) is 19.6 Å². The third-order valence-electron chi connectivity index (χ3n) is 5.40. The van der Waals surface area contributed by atoms with Crippen LogP contribution in [0, 0.1) is 11.8 Å². The van der Waals surface area contributed by atoms with Crippen LogP contribution in [0.25, 0.3) is 0 Å². The van der Waals surface area contributed by atoms with Crippen LogP contribution in [0.1, 0.15) is 43.6 Å². The van der Waals surface area contributed by atoms with Crippen molar-refractivity contribution in [3.05, 3.63) is 35.9 Å². The summed E-state index contributed by atoms with van der Waals surface area (Å²) in [4.78, 5) is 11.7. The lowest BCUT2D eigenvalue weighted by molar-refractivity contribution is -0.169. The van der Waals surface area contributed by atoms with Crippen LogP contribution in [0.4, 0.5) is 8.78 Å². The third-order valence-corrected chi connectivity index (χ3v) is 6.22. The van der Waals surface area contributed by atoms with Crippen LogP contribution in [0.5, 0.6) is 0 Å². The van der Waals surface area contributed by atoms with Gasteiger partial charge in [-0.3, -0.25) is 4.55 Å². The van der Waals surface area contributed by atoms with Gasteiger partial charge < -0.3 is 4.74 Å². The first-order valence-corrected chi connectivity index (χ1v) is 9.76. The minimum atomic E-state index is -5.85. The Morgan fingerprint density at radius 3 is 2.32 bits per heavy atom. The standard InChI is InChI=1S/C17H20F2O5S/c18-17(19,25(21,22)23)16(20)24-15-10-14(11-6-2-1-3-7-11)12-8-4-5-9-13(12)15/h1-3,6-7,12-15H,4-5,8-10H2,(H,21,22,23). The van der Waals surface area contributed by atoms with Gasteiger partial charge in [0.15, 0.2) is 0 Å². The zero-order valence-electron chi connectivity index (χ0n) is 13.5. The summed E-state index contributed by atoms with van der Waals surface area (Å²) in [7, 11) is -5.85. The van der Waals surface area contributed by atoms with Gasteiger partial charge in [-0.25, -0.2) is 4.79 Å². The zero-order valence-corrected chi connectivity index (χ0v) is 14.3. The summed E-state index contributed by atoms with van der Waals surface area (Å²) < 4.78 is 62.0. The monoisotopic (exact) mass is 374 g/mol. The van der Waals surface area contributed by atoms with E-state index in [9.17, 15) is 22.0 Å². The molecular weight excluding hydrogens is 354 g/mol. The summed E-state index contributed by atoms with van der Waals surface area (Å²) in [5.41, 5.74) is 1.07. The van der Waals surface area contributed by atoms with E-state index in [0.717, 1.165) is 31.2 Å². The molecule has 2 aliphatic rings. The minimum Gasteiger partial charge on any atom is -0.457 e. The number of esters is 1. The highest BCUT2D eigenvalue weighted by atomic mass is 32.2. The van der Waals surface area contributed by atoms with E-state index in [0.29, 0.717) is 6.42 Å². The molecule has 0 aromatic heterocycles. The molecule has 0 aliphatic heterocycles. The molecule has 8 heteroatoms. The number of halogens is 2. The molecule has 138 valence electrons. The highest BCUT2D eigenvalue weighted by molar-refractivity contribution is 7.87. The molecule has 5 nitrogen and oxygen atoms in total. The maximum absolute atomic E-state index is 13.5. The van der Waals surface area contributed by atoms with Crippen LogP contribution >= 0.6 is 0 Å². The molecule has 0 heterocycles. The van der Waals surface area contributed by atoms with Crippen molar-refractivity contribution >= 4 is 16.1 Å². The molecule has 2 saturated carbocycles. The van der Waals surface area contributed by atoms with Crippen molar-refractivity contribution in [3.8, 4) is 0 Å². The molecule has 1 aromatic rings. The Labute approximate surface area is 145 Å². The number of carbonyl (C=O) groups excluding carboxylic acids is 1. The van der Waals surface area contributed by atoms with Crippen molar-refractivity contribution in [2.24, 2.45) is 11.8 Å². The van der Waals surface area contributed by atoms with Crippen molar-refractivity contribution in [2.45, 2.75) is 49.4 Å². The average Bonchev–Trinajstić information content (AvgIpc) is 2.93. The SMILES string of the molecule is O=C(OC1CC(c2ccccc2)C2CCCCC12)C(F)(F)S(=O)(=O)O. The number of carbonyl (C=O) groups is 1. The summed E-state index contributed by atoms with van der Waals surface area (Å²) in [6.45, 7) is 0. The van der Waals surface area contributed by atoms with Gasteiger partial charge in [0.2, 0.25) is 0 Å². The molecule has 0 spiro atoms. The van der Waals surface area contributed by atoms with E-state index in [4.69, 9.17) is 9.29 Å². The van der Waals surface area contributed by atoms with E-state index in [2.05, 4.69) is 0 Å². The number of rotatable bonds is 4. The molecule has 0 radical (unpaired) electrons. The molecular formula is C17H20F2O5S. The normalized spacial score (nSPS) is 29.9. The predicted octanol–water partition coefficient (Wildman–Crippen LogP) is 3.37. The van der Waals surface area contributed by atoms with Gasteiger partial charge in [-0.2, -0.15) is 17.2 Å². The molecule has 1 N–H and O–H groups in total. The van der Waals surface area contributed by atoms with E-state index >= 15 is 0 Å². The maximum atomic E-state index is 13.5. The molecule has 4 unspecified atom stereocenters. The molecule has 2 fully saturated rings. The zero-order chi connectivity index (χ0) is 18.2. The molecule has 2 aliphatic carbocycles. The van der Waals surface area contributed by atoms with Crippen molar-refractivity contribution in [3.63, 3.8) is 0 Å². The first-order valence-electron chi connectivity index (χ1n) is 8.32. The van der Waals surface area contributed by atoms with Crippen LogP contribution in [0.2, 0.25) is 0 Å². The topological polar surface area (TPSA) is 80.7 Å². The van der Waals surface area contributed by atoms with E-state index in [1.807, 2.05) is 30.3 Å². The molecule has 0 bridgehead atoms. The summed E-state index contributed by atoms with van der Waals surface area (Å²) in [6.07, 6.45) is 3.25.